The van der Waals surface area contributed by atoms with Gasteiger partial charge in [-0.1, -0.05) is 6.07 Å². The lowest BCUT2D eigenvalue weighted by Crippen LogP contribution is -2.30. The van der Waals surface area contributed by atoms with E-state index >= 15 is 0 Å². The van der Waals surface area contributed by atoms with Crippen molar-refractivity contribution in [3.05, 3.63) is 23.8 Å². The maximum atomic E-state index is 9.41. The molecule has 2 unspecified atom stereocenters. The summed E-state index contributed by atoms with van der Waals surface area (Å²) in [5, 5.41) is 9.41. The number of hydrazine groups is 1. The highest BCUT2D eigenvalue weighted by molar-refractivity contribution is 5.44. The standard InChI is InChI=1S/C12H16N2O3/c15-12-7-9(13-14-12)8-2-3-10-11(6-8)17-5-1-4-16-10/h2-3,6,9,12-15H,1,4-5,7H2. The van der Waals surface area contributed by atoms with E-state index in [2.05, 4.69) is 10.9 Å². The molecule has 1 aromatic rings. The second kappa shape index (κ2) is 4.52. The Kier molecular flexibility index (Phi) is 2.88. The van der Waals surface area contributed by atoms with Crippen LogP contribution in [0.1, 0.15) is 24.4 Å². The first-order valence-electron chi connectivity index (χ1n) is 5.91. The van der Waals surface area contributed by atoms with Crippen LogP contribution in [0.15, 0.2) is 18.2 Å². The Balaban J connectivity index is 1.84. The summed E-state index contributed by atoms with van der Waals surface area (Å²) in [6, 6.07) is 6.04. The first-order valence-corrected chi connectivity index (χ1v) is 5.91. The minimum Gasteiger partial charge on any atom is -0.490 e. The van der Waals surface area contributed by atoms with Crippen LogP contribution in [0.5, 0.6) is 11.5 Å². The number of fused-ring (bicyclic) bond motifs is 1. The van der Waals surface area contributed by atoms with E-state index in [9.17, 15) is 5.11 Å². The third-order valence-electron chi connectivity index (χ3n) is 3.06. The van der Waals surface area contributed by atoms with Gasteiger partial charge in [0.1, 0.15) is 6.23 Å². The van der Waals surface area contributed by atoms with E-state index in [-0.39, 0.29) is 6.04 Å². The van der Waals surface area contributed by atoms with Crippen molar-refractivity contribution in [1.29, 1.82) is 0 Å². The molecule has 0 radical (unpaired) electrons. The topological polar surface area (TPSA) is 62.8 Å². The van der Waals surface area contributed by atoms with Crippen molar-refractivity contribution in [2.45, 2.75) is 25.1 Å². The Hall–Kier alpha value is -1.30. The third kappa shape index (κ3) is 2.22. The second-order valence-corrected chi connectivity index (χ2v) is 4.35. The quantitative estimate of drug-likeness (QED) is 0.670. The van der Waals surface area contributed by atoms with Gasteiger partial charge < -0.3 is 14.6 Å². The number of nitrogens with one attached hydrogen (secondary N) is 2. The zero-order valence-corrected chi connectivity index (χ0v) is 9.48. The van der Waals surface area contributed by atoms with Crippen molar-refractivity contribution in [2.24, 2.45) is 0 Å². The summed E-state index contributed by atoms with van der Waals surface area (Å²) in [6.07, 6.45) is 1.07. The molecule has 0 spiro atoms. The minimum atomic E-state index is -0.490. The highest BCUT2D eigenvalue weighted by atomic mass is 16.5. The van der Waals surface area contributed by atoms with E-state index in [0.29, 0.717) is 19.6 Å². The molecule has 0 bridgehead atoms. The summed E-state index contributed by atoms with van der Waals surface area (Å²) in [5.41, 5.74) is 6.94. The fourth-order valence-corrected chi connectivity index (χ4v) is 2.15. The molecular weight excluding hydrogens is 220 g/mol. The Labute approximate surface area is 99.7 Å². The Morgan fingerprint density at radius 2 is 1.94 bits per heavy atom. The number of aliphatic hydroxyl groups is 1. The zero-order valence-electron chi connectivity index (χ0n) is 9.48. The average molecular weight is 236 g/mol. The zero-order chi connectivity index (χ0) is 11.7. The van der Waals surface area contributed by atoms with Crippen molar-refractivity contribution in [3.8, 4) is 11.5 Å². The first kappa shape index (κ1) is 10.8. The second-order valence-electron chi connectivity index (χ2n) is 4.35. The molecule has 2 aliphatic heterocycles. The highest BCUT2D eigenvalue weighted by Crippen LogP contribution is 2.33. The SMILES string of the molecule is OC1CC(c2ccc3c(c2)OCCCO3)NN1. The van der Waals surface area contributed by atoms with Crippen LogP contribution in [0, 0.1) is 0 Å². The summed E-state index contributed by atoms with van der Waals surface area (Å²) in [4.78, 5) is 0. The van der Waals surface area contributed by atoms with Crippen LogP contribution in [0.25, 0.3) is 0 Å². The molecule has 0 aliphatic carbocycles. The molecule has 5 nitrogen and oxygen atoms in total. The highest BCUT2D eigenvalue weighted by Gasteiger charge is 2.24. The predicted octanol–water partition coefficient (Wildman–Crippen LogP) is 0.705. The molecule has 5 heteroatoms. The van der Waals surface area contributed by atoms with Crippen LogP contribution in [0.3, 0.4) is 0 Å². The fourth-order valence-electron chi connectivity index (χ4n) is 2.15. The number of ether oxygens (including phenoxy) is 2. The normalized spacial score (nSPS) is 27.8. The van der Waals surface area contributed by atoms with Crippen LogP contribution in [-0.4, -0.2) is 24.5 Å². The minimum absolute atomic E-state index is 0.113. The first-order chi connectivity index (χ1) is 8.33. The van der Waals surface area contributed by atoms with Crippen LogP contribution in [0.2, 0.25) is 0 Å². The van der Waals surface area contributed by atoms with E-state index in [1.807, 2.05) is 18.2 Å². The predicted molar refractivity (Wildman–Crippen MR) is 61.7 cm³/mol. The van der Waals surface area contributed by atoms with Crippen molar-refractivity contribution in [3.63, 3.8) is 0 Å². The van der Waals surface area contributed by atoms with Crippen LogP contribution in [0.4, 0.5) is 0 Å². The van der Waals surface area contributed by atoms with Gasteiger partial charge >= 0.3 is 0 Å². The average Bonchev–Trinajstić information content (AvgIpc) is 2.64. The van der Waals surface area contributed by atoms with Crippen LogP contribution >= 0.6 is 0 Å². The van der Waals surface area contributed by atoms with Gasteiger partial charge in [-0.2, -0.15) is 0 Å². The Bertz CT molecular complexity index is 411. The molecule has 0 amide bonds. The summed E-state index contributed by atoms with van der Waals surface area (Å²) in [7, 11) is 0. The van der Waals surface area contributed by atoms with Gasteiger partial charge in [0.25, 0.3) is 0 Å². The lowest BCUT2D eigenvalue weighted by atomic mass is 10.0. The maximum absolute atomic E-state index is 9.41. The molecule has 1 fully saturated rings. The van der Waals surface area contributed by atoms with E-state index in [1.54, 1.807) is 0 Å². The van der Waals surface area contributed by atoms with Gasteiger partial charge in [-0.05, 0) is 17.7 Å². The van der Waals surface area contributed by atoms with Gasteiger partial charge in [0.05, 0.1) is 19.3 Å². The Morgan fingerprint density at radius 3 is 2.71 bits per heavy atom. The van der Waals surface area contributed by atoms with Crippen molar-refractivity contribution < 1.29 is 14.6 Å². The van der Waals surface area contributed by atoms with Crippen molar-refractivity contribution in [1.82, 2.24) is 10.9 Å². The molecule has 17 heavy (non-hydrogen) atoms. The van der Waals surface area contributed by atoms with Gasteiger partial charge in [-0.15, -0.1) is 0 Å². The number of rotatable bonds is 1. The molecule has 3 N–H and O–H groups in total. The number of aliphatic hydroxyl groups excluding tert-OH is 1. The summed E-state index contributed by atoms with van der Waals surface area (Å²) in [6.45, 7) is 1.39. The molecular formula is C12H16N2O3. The summed E-state index contributed by atoms with van der Waals surface area (Å²) in [5.74, 6) is 1.60. The lowest BCUT2D eigenvalue weighted by molar-refractivity contribution is 0.153. The molecule has 0 saturated carbocycles. The smallest absolute Gasteiger partial charge is 0.161 e. The fraction of sp³-hybridized carbons (Fsp3) is 0.500. The molecule has 2 heterocycles. The van der Waals surface area contributed by atoms with Gasteiger partial charge in [0.15, 0.2) is 11.5 Å². The maximum Gasteiger partial charge on any atom is 0.161 e. The van der Waals surface area contributed by atoms with Crippen LogP contribution < -0.4 is 20.3 Å². The van der Waals surface area contributed by atoms with Gasteiger partial charge in [0, 0.05) is 12.8 Å². The molecule has 0 aromatic heterocycles. The summed E-state index contributed by atoms with van der Waals surface area (Å²) >= 11 is 0. The monoisotopic (exact) mass is 236 g/mol. The lowest BCUT2D eigenvalue weighted by Gasteiger charge is -2.13. The van der Waals surface area contributed by atoms with Gasteiger partial charge in [0.2, 0.25) is 0 Å². The van der Waals surface area contributed by atoms with Gasteiger partial charge in [-0.3, -0.25) is 0 Å². The number of hydrogen-bond donors (Lipinski definition) is 3. The molecule has 2 aliphatic rings. The molecule has 1 saturated heterocycles. The third-order valence-corrected chi connectivity index (χ3v) is 3.06. The largest absolute Gasteiger partial charge is 0.490 e. The summed E-state index contributed by atoms with van der Waals surface area (Å²) < 4.78 is 11.2. The van der Waals surface area contributed by atoms with Crippen LogP contribution in [-0.2, 0) is 0 Å². The Morgan fingerprint density at radius 1 is 1.12 bits per heavy atom. The molecule has 2 atom stereocenters. The van der Waals surface area contributed by atoms with Gasteiger partial charge in [-0.25, -0.2) is 10.9 Å². The molecule has 3 rings (SSSR count). The molecule has 1 aromatic carbocycles. The van der Waals surface area contributed by atoms with E-state index in [1.165, 1.54) is 0 Å². The number of benzene rings is 1. The van der Waals surface area contributed by atoms with E-state index < -0.39 is 6.23 Å². The van der Waals surface area contributed by atoms with Crippen molar-refractivity contribution >= 4 is 0 Å². The molecule has 92 valence electrons. The van der Waals surface area contributed by atoms with E-state index in [4.69, 9.17) is 9.47 Å². The number of hydrogen-bond acceptors (Lipinski definition) is 5. The van der Waals surface area contributed by atoms with E-state index in [0.717, 1.165) is 23.5 Å². The van der Waals surface area contributed by atoms with Crippen molar-refractivity contribution in [2.75, 3.05) is 13.2 Å².